The van der Waals surface area contributed by atoms with Crippen LogP contribution in [-0.4, -0.2) is 28.2 Å². The number of amides is 2. The highest BCUT2D eigenvalue weighted by atomic mass is 35.5. The Morgan fingerprint density at radius 2 is 1.95 bits per heavy atom. The van der Waals surface area contributed by atoms with E-state index in [0.717, 1.165) is 17.5 Å². The second kappa shape index (κ2) is 10.9. The summed E-state index contributed by atoms with van der Waals surface area (Å²) in [5, 5.41) is 3.26. The fourth-order valence-electron chi connectivity index (χ4n) is 4.54. The molecule has 1 N–H and O–H groups in total. The first kappa shape index (κ1) is 24.6. The van der Waals surface area contributed by atoms with Crippen molar-refractivity contribution in [1.82, 2.24) is 9.88 Å². The van der Waals surface area contributed by atoms with E-state index in [0.29, 0.717) is 29.4 Å². The van der Waals surface area contributed by atoms with E-state index >= 15 is 0 Å². The fourth-order valence-corrected chi connectivity index (χ4v) is 4.73. The van der Waals surface area contributed by atoms with Crippen LogP contribution in [0.1, 0.15) is 52.5 Å². The minimum Gasteiger partial charge on any atom is -0.484 e. The number of fused-ring (bicyclic) bond motifs is 1. The lowest BCUT2D eigenvalue weighted by Gasteiger charge is -2.38. The number of nitrogens with one attached hydrogen (secondary N) is 1. The first-order valence-electron chi connectivity index (χ1n) is 12.1. The Morgan fingerprint density at radius 3 is 2.73 bits per heavy atom. The van der Waals surface area contributed by atoms with Crippen molar-refractivity contribution >= 4 is 29.1 Å². The highest BCUT2D eigenvalue weighted by Gasteiger charge is 2.31. The molecule has 1 aromatic heterocycles. The number of nitrogens with zero attached hydrogens (tertiary/aromatic N) is 2. The van der Waals surface area contributed by atoms with Gasteiger partial charge in [0.15, 0.2) is 12.3 Å². The van der Waals surface area contributed by atoms with E-state index in [-0.39, 0.29) is 30.1 Å². The molecule has 37 heavy (non-hydrogen) atoms. The number of oxazole rings is 1. The summed E-state index contributed by atoms with van der Waals surface area (Å²) >= 11 is 5.98. The Hall–Kier alpha value is -4.10. The zero-order valence-corrected chi connectivity index (χ0v) is 21.1. The van der Waals surface area contributed by atoms with Crippen LogP contribution in [0.4, 0.5) is 5.69 Å². The Kier molecular flexibility index (Phi) is 7.23. The normalized spacial score (nSPS) is 14.6. The maximum atomic E-state index is 12.8. The summed E-state index contributed by atoms with van der Waals surface area (Å²) in [6.45, 7) is 2.62. The predicted octanol–water partition coefficient (Wildman–Crippen LogP) is 6.04. The van der Waals surface area contributed by atoms with Gasteiger partial charge in [-0.3, -0.25) is 9.59 Å². The van der Waals surface area contributed by atoms with Crippen LogP contribution in [0.5, 0.6) is 5.75 Å². The molecule has 0 bridgehead atoms. The maximum absolute atomic E-state index is 12.8. The summed E-state index contributed by atoms with van der Waals surface area (Å²) in [7, 11) is 0. The quantitative estimate of drug-likeness (QED) is 0.324. The molecular weight excluding hydrogens is 490 g/mol. The molecule has 0 saturated heterocycles. The summed E-state index contributed by atoms with van der Waals surface area (Å²) in [4.78, 5) is 31.5. The molecule has 7 nitrogen and oxygen atoms in total. The maximum Gasteiger partial charge on any atom is 0.277 e. The van der Waals surface area contributed by atoms with E-state index in [4.69, 9.17) is 20.8 Å². The van der Waals surface area contributed by atoms with Crippen molar-refractivity contribution < 1.29 is 18.7 Å². The zero-order chi connectivity index (χ0) is 25.8. The average Bonchev–Trinajstić information content (AvgIpc) is 3.40. The standard InChI is InChI=1S/C29H26ClN3O4/c1-2-27(34)33-14-13-19-11-12-23(16-24(19)28(33)20-7-4-3-5-8-20)36-18-26-32-25(17-37-26)29(35)31-22-10-6-9-21(30)15-22/h3-12,15-17,28H,2,13-14,18H2,1H3,(H,31,35). The van der Waals surface area contributed by atoms with Gasteiger partial charge < -0.3 is 19.4 Å². The molecule has 4 aromatic rings. The monoisotopic (exact) mass is 515 g/mol. The van der Waals surface area contributed by atoms with Crippen molar-refractivity contribution in [2.45, 2.75) is 32.4 Å². The van der Waals surface area contributed by atoms with Crippen LogP contribution in [0.15, 0.2) is 83.5 Å². The van der Waals surface area contributed by atoms with E-state index in [1.54, 1.807) is 24.3 Å². The number of hydrogen-bond donors (Lipinski definition) is 1. The van der Waals surface area contributed by atoms with Crippen LogP contribution in [0.3, 0.4) is 0 Å². The van der Waals surface area contributed by atoms with Crippen LogP contribution < -0.4 is 10.1 Å². The van der Waals surface area contributed by atoms with Crippen molar-refractivity contribution in [2.75, 3.05) is 11.9 Å². The molecule has 0 aliphatic carbocycles. The summed E-state index contributed by atoms with van der Waals surface area (Å²) in [5.74, 6) is 0.622. The van der Waals surface area contributed by atoms with Gasteiger partial charge in [-0.25, -0.2) is 4.98 Å². The Balaban J connectivity index is 1.32. The van der Waals surface area contributed by atoms with Gasteiger partial charge in [0.25, 0.3) is 5.91 Å². The Bertz CT molecular complexity index is 1420. The molecule has 0 radical (unpaired) electrons. The van der Waals surface area contributed by atoms with Gasteiger partial charge in [-0.15, -0.1) is 0 Å². The number of hydrogen-bond acceptors (Lipinski definition) is 5. The van der Waals surface area contributed by atoms with Gasteiger partial charge in [0.2, 0.25) is 11.8 Å². The summed E-state index contributed by atoms with van der Waals surface area (Å²) in [6, 6.07) is 22.7. The van der Waals surface area contributed by atoms with Crippen LogP contribution >= 0.6 is 11.6 Å². The zero-order valence-electron chi connectivity index (χ0n) is 20.3. The number of anilines is 1. The van der Waals surface area contributed by atoms with Gasteiger partial charge in [-0.05, 0) is 53.4 Å². The third-order valence-corrected chi connectivity index (χ3v) is 6.55. The van der Waals surface area contributed by atoms with Gasteiger partial charge in [0, 0.05) is 23.7 Å². The first-order valence-corrected chi connectivity index (χ1v) is 12.5. The third kappa shape index (κ3) is 5.52. The van der Waals surface area contributed by atoms with Gasteiger partial charge in [0.05, 0.1) is 6.04 Å². The van der Waals surface area contributed by atoms with Crippen LogP contribution in [0.25, 0.3) is 0 Å². The number of carbonyl (C=O) groups excluding carboxylic acids is 2. The topological polar surface area (TPSA) is 84.7 Å². The molecule has 1 atom stereocenters. The number of carbonyl (C=O) groups is 2. The summed E-state index contributed by atoms with van der Waals surface area (Å²) < 4.78 is 11.4. The average molecular weight is 516 g/mol. The molecule has 1 aliphatic rings. The van der Waals surface area contributed by atoms with E-state index in [9.17, 15) is 9.59 Å². The second-order valence-electron chi connectivity index (χ2n) is 8.74. The highest BCUT2D eigenvalue weighted by molar-refractivity contribution is 6.30. The van der Waals surface area contributed by atoms with Gasteiger partial charge in [-0.1, -0.05) is 61.0 Å². The molecule has 0 spiro atoms. The van der Waals surface area contributed by atoms with E-state index in [2.05, 4.69) is 10.3 Å². The van der Waals surface area contributed by atoms with Crippen LogP contribution in [0.2, 0.25) is 5.02 Å². The second-order valence-corrected chi connectivity index (χ2v) is 9.18. The molecule has 1 aliphatic heterocycles. The summed E-state index contributed by atoms with van der Waals surface area (Å²) in [5.41, 5.74) is 4.01. The minimum atomic E-state index is -0.405. The molecule has 0 fully saturated rings. The van der Waals surface area contributed by atoms with E-state index in [1.807, 2.05) is 60.4 Å². The van der Waals surface area contributed by atoms with Crippen molar-refractivity contribution in [3.8, 4) is 5.75 Å². The molecule has 8 heteroatoms. The smallest absolute Gasteiger partial charge is 0.277 e. The minimum absolute atomic E-state index is 0.0524. The molecule has 5 rings (SSSR count). The molecule has 2 heterocycles. The van der Waals surface area contributed by atoms with E-state index in [1.165, 1.54) is 11.8 Å². The third-order valence-electron chi connectivity index (χ3n) is 6.31. The molecule has 188 valence electrons. The highest BCUT2D eigenvalue weighted by Crippen LogP contribution is 2.37. The predicted molar refractivity (Wildman–Crippen MR) is 141 cm³/mol. The van der Waals surface area contributed by atoms with Gasteiger partial charge in [-0.2, -0.15) is 0 Å². The SMILES string of the molecule is CCC(=O)N1CCc2ccc(OCc3nc(C(=O)Nc4cccc(Cl)c4)co3)cc2C1c1ccccc1. The van der Waals surface area contributed by atoms with Crippen molar-refractivity contribution in [1.29, 1.82) is 0 Å². The van der Waals surface area contributed by atoms with Crippen molar-refractivity contribution in [2.24, 2.45) is 0 Å². The molecule has 1 unspecified atom stereocenters. The van der Waals surface area contributed by atoms with Crippen LogP contribution in [0, 0.1) is 0 Å². The Morgan fingerprint density at radius 1 is 1.11 bits per heavy atom. The number of ether oxygens (including phenoxy) is 1. The lowest BCUT2D eigenvalue weighted by molar-refractivity contribution is -0.132. The number of halogens is 1. The fraction of sp³-hybridized carbons (Fsp3) is 0.207. The van der Waals surface area contributed by atoms with Gasteiger partial charge >= 0.3 is 0 Å². The van der Waals surface area contributed by atoms with Crippen LogP contribution in [-0.2, 0) is 17.8 Å². The molecule has 0 saturated carbocycles. The number of benzene rings is 3. The van der Waals surface area contributed by atoms with E-state index < -0.39 is 5.91 Å². The number of rotatable bonds is 7. The molecule has 2 amide bonds. The lowest BCUT2D eigenvalue weighted by atomic mass is 9.87. The van der Waals surface area contributed by atoms with Crippen molar-refractivity contribution in [3.63, 3.8) is 0 Å². The summed E-state index contributed by atoms with van der Waals surface area (Å²) in [6.07, 6.45) is 2.53. The Labute approximate surface area is 220 Å². The largest absolute Gasteiger partial charge is 0.484 e. The lowest BCUT2D eigenvalue weighted by Crippen LogP contribution is -2.40. The first-order chi connectivity index (χ1) is 18.0. The number of aromatic nitrogens is 1. The van der Waals surface area contributed by atoms with Crippen molar-refractivity contribution in [3.05, 3.63) is 112 Å². The molecular formula is C29H26ClN3O4. The van der Waals surface area contributed by atoms with Gasteiger partial charge in [0.1, 0.15) is 12.0 Å². The molecule has 3 aromatic carbocycles.